The molecule has 6 heteroatoms. The van der Waals surface area contributed by atoms with Crippen molar-refractivity contribution in [3.8, 4) is 0 Å². The second-order valence-electron chi connectivity index (χ2n) is 7.88. The number of aromatic nitrogens is 2. The predicted molar refractivity (Wildman–Crippen MR) is 99.9 cm³/mol. The molecule has 0 spiro atoms. The van der Waals surface area contributed by atoms with Gasteiger partial charge in [0.1, 0.15) is 5.60 Å². The van der Waals surface area contributed by atoms with E-state index in [1.54, 1.807) is 0 Å². The Labute approximate surface area is 154 Å². The molecule has 1 aromatic heterocycles. The molecule has 6 nitrogen and oxygen atoms in total. The van der Waals surface area contributed by atoms with Crippen LogP contribution in [0.3, 0.4) is 0 Å². The molecule has 26 heavy (non-hydrogen) atoms. The maximum absolute atomic E-state index is 12.0. The fraction of sp³-hybridized carbons (Fsp3) is 0.500. The van der Waals surface area contributed by atoms with E-state index in [1.807, 2.05) is 60.8 Å². The van der Waals surface area contributed by atoms with Crippen LogP contribution in [0, 0.1) is 5.92 Å². The van der Waals surface area contributed by atoms with E-state index in [9.17, 15) is 9.90 Å². The van der Waals surface area contributed by atoms with Crippen molar-refractivity contribution >= 4 is 11.8 Å². The topological polar surface area (TPSA) is 67.6 Å². The number of ether oxygens (including phenoxy) is 1. The largest absolute Gasteiger partial charge is 0.460 e. The first-order chi connectivity index (χ1) is 12.3. The van der Waals surface area contributed by atoms with E-state index in [4.69, 9.17) is 4.74 Å². The minimum absolute atomic E-state index is 0.135. The summed E-state index contributed by atoms with van der Waals surface area (Å²) in [6.45, 7) is 7.34. The van der Waals surface area contributed by atoms with Gasteiger partial charge in [0.15, 0.2) is 5.82 Å². The van der Waals surface area contributed by atoms with Gasteiger partial charge in [0.05, 0.1) is 19.1 Å². The number of hydrogen-bond acceptors (Lipinski definition) is 5. The van der Waals surface area contributed by atoms with Crippen LogP contribution in [0.5, 0.6) is 0 Å². The van der Waals surface area contributed by atoms with Crippen LogP contribution in [0.4, 0.5) is 5.82 Å². The maximum Gasteiger partial charge on any atom is 0.306 e. The minimum Gasteiger partial charge on any atom is -0.460 e. The van der Waals surface area contributed by atoms with Crippen LogP contribution < -0.4 is 4.90 Å². The molecule has 1 fully saturated rings. The van der Waals surface area contributed by atoms with Crippen molar-refractivity contribution in [2.75, 3.05) is 18.0 Å². The zero-order valence-electron chi connectivity index (χ0n) is 15.6. The van der Waals surface area contributed by atoms with Gasteiger partial charge in [0.25, 0.3) is 0 Å². The standard InChI is InChI=1S/C20H27N3O3/c1-20(2,3)26-19(25)11-16-13-22(14-17(16)24)18-9-10-23(21-18)12-15-7-5-4-6-8-15/h4-10,16-17,24H,11-14H2,1-3H3/t16-,17+/m0/s1. The van der Waals surface area contributed by atoms with Crippen molar-refractivity contribution in [2.45, 2.75) is 45.4 Å². The molecule has 2 aromatic rings. The molecule has 2 atom stereocenters. The molecule has 140 valence electrons. The van der Waals surface area contributed by atoms with Crippen molar-refractivity contribution < 1.29 is 14.6 Å². The predicted octanol–water partition coefficient (Wildman–Crippen LogP) is 2.46. The Hall–Kier alpha value is -2.34. The SMILES string of the molecule is CC(C)(C)OC(=O)C[C@H]1CN(c2ccn(Cc3ccccc3)n2)C[C@H]1O. The van der Waals surface area contributed by atoms with Crippen LogP contribution >= 0.6 is 0 Å². The Morgan fingerprint density at radius 3 is 2.65 bits per heavy atom. The van der Waals surface area contributed by atoms with Gasteiger partial charge >= 0.3 is 5.97 Å². The zero-order chi connectivity index (χ0) is 18.7. The summed E-state index contributed by atoms with van der Waals surface area (Å²) in [5.41, 5.74) is 0.683. The smallest absolute Gasteiger partial charge is 0.306 e. The van der Waals surface area contributed by atoms with Crippen molar-refractivity contribution in [1.29, 1.82) is 0 Å². The first-order valence-electron chi connectivity index (χ1n) is 9.02. The average molecular weight is 357 g/mol. The highest BCUT2D eigenvalue weighted by molar-refractivity contribution is 5.70. The number of β-amino-alcohol motifs (C(OH)–C–C–N with tert-alkyl or cyclic N) is 1. The van der Waals surface area contributed by atoms with Gasteiger partial charge < -0.3 is 14.7 Å². The molecule has 0 unspecified atom stereocenters. The molecule has 2 heterocycles. The number of nitrogens with zero attached hydrogens (tertiary/aromatic N) is 3. The number of anilines is 1. The number of hydrogen-bond donors (Lipinski definition) is 1. The fourth-order valence-corrected chi connectivity index (χ4v) is 3.22. The number of carbonyl (C=O) groups is 1. The van der Waals surface area contributed by atoms with E-state index in [0.717, 1.165) is 5.82 Å². The molecule has 0 amide bonds. The number of carbonyl (C=O) groups excluding carboxylic acids is 1. The summed E-state index contributed by atoms with van der Waals surface area (Å²) in [6, 6.07) is 12.1. The first-order valence-corrected chi connectivity index (χ1v) is 9.02. The lowest BCUT2D eigenvalue weighted by Gasteiger charge is -2.21. The number of aliphatic hydroxyl groups excluding tert-OH is 1. The molecule has 0 aliphatic carbocycles. The van der Waals surface area contributed by atoms with Crippen molar-refractivity contribution in [3.05, 3.63) is 48.2 Å². The molecule has 0 radical (unpaired) electrons. The molecule has 1 aromatic carbocycles. The number of esters is 1. The van der Waals surface area contributed by atoms with E-state index in [1.165, 1.54) is 5.56 Å². The number of rotatable bonds is 5. The fourth-order valence-electron chi connectivity index (χ4n) is 3.22. The van der Waals surface area contributed by atoms with E-state index >= 15 is 0 Å². The summed E-state index contributed by atoms with van der Waals surface area (Å²) >= 11 is 0. The highest BCUT2D eigenvalue weighted by atomic mass is 16.6. The highest BCUT2D eigenvalue weighted by Gasteiger charge is 2.35. The van der Waals surface area contributed by atoms with Gasteiger partial charge in [0.2, 0.25) is 0 Å². The summed E-state index contributed by atoms with van der Waals surface area (Å²) in [6.07, 6.45) is 1.61. The van der Waals surface area contributed by atoms with Crippen LogP contribution in [0.15, 0.2) is 42.6 Å². The van der Waals surface area contributed by atoms with E-state index in [-0.39, 0.29) is 18.3 Å². The van der Waals surface area contributed by atoms with Gasteiger partial charge in [-0.3, -0.25) is 9.48 Å². The van der Waals surface area contributed by atoms with Gasteiger partial charge in [0, 0.05) is 31.3 Å². The number of aliphatic hydroxyl groups is 1. The van der Waals surface area contributed by atoms with Crippen LogP contribution in [0.25, 0.3) is 0 Å². The van der Waals surface area contributed by atoms with Gasteiger partial charge in [-0.25, -0.2) is 0 Å². The monoisotopic (exact) mass is 357 g/mol. The third-order valence-electron chi connectivity index (χ3n) is 4.39. The summed E-state index contributed by atoms with van der Waals surface area (Å²) in [5.74, 6) is 0.425. The first kappa shape index (κ1) is 18.5. The second kappa shape index (κ2) is 7.50. The minimum atomic E-state index is -0.554. The Balaban J connectivity index is 1.58. The number of benzene rings is 1. The molecule has 3 rings (SSSR count). The third kappa shape index (κ3) is 4.85. The molecule has 0 bridgehead atoms. The highest BCUT2D eigenvalue weighted by Crippen LogP contribution is 2.26. The van der Waals surface area contributed by atoms with E-state index in [2.05, 4.69) is 17.2 Å². The summed E-state index contributed by atoms with van der Waals surface area (Å²) in [5, 5.41) is 14.9. The van der Waals surface area contributed by atoms with Crippen molar-refractivity contribution in [3.63, 3.8) is 0 Å². The van der Waals surface area contributed by atoms with Crippen LogP contribution in [-0.2, 0) is 16.1 Å². The maximum atomic E-state index is 12.0. The lowest BCUT2D eigenvalue weighted by molar-refractivity contribution is -0.156. The van der Waals surface area contributed by atoms with Crippen LogP contribution in [0.1, 0.15) is 32.8 Å². The molecule has 0 saturated carbocycles. The molecule has 1 saturated heterocycles. The molecule has 1 aliphatic heterocycles. The summed E-state index contributed by atoms with van der Waals surface area (Å²) in [4.78, 5) is 14.1. The van der Waals surface area contributed by atoms with Crippen molar-refractivity contribution in [2.24, 2.45) is 5.92 Å². The second-order valence-corrected chi connectivity index (χ2v) is 7.88. The summed E-state index contributed by atoms with van der Waals surface area (Å²) in [7, 11) is 0. The lowest BCUT2D eigenvalue weighted by Crippen LogP contribution is -2.28. The Morgan fingerprint density at radius 1 is 1.23 bits per heavy atom. The molecule has 1 aliphatic rings. The lowest BCUT2D eigenvalue weighted by atomic mass is 10.0. The van der Waals surface area contributed by atoms with E-state index < -0.39 is 11.7 Å². The van der Waals surface area contributed by atoms with Gasteiger partial charge in [-0.15, -0.1) is 0 Å². The van der Waals surface area contributed by atoms with Crippen molar-refractivity contribution in [1.82, 2.24) is 9.78 Å². The van der Waals surface area contributed by atoms with Crippen LogP contribution in [-0.4, -0.2) is 45.7 Å². The van der Waals surface area contributed by atoms with E-state index in [0.29, 0.717) is 19.6 Å². The molecule has 1 N–H and O–H groups in total. The molecular formula is C20H27N3O3. The zero-order valence-corrected chi connectivity index (χ0v) is 15.6. The third-order valence-corrected chi connectivity index (χ3v) is 4.39. The Morgan fingerprint density at radius 2 is 1.96 bits per heavy atom. The Kier molecular flexibility index (Phi) is 5.32. The van der Waals surface area contributed by atoms with Gasteiger partial charge in [-0.2, -0.15) is 5.10 Å². The normalized spacial score (nSPS) is 20.4. The van der Waals surface area contributed by atoms with Crippen LogP contribution in [0.2, 0.25) is 0 Å². The Bertz CT molecular complexity index is 736. The average Bonchev–Trinajstić information content (AvgIpc) is 3.14. The van der Waals surface area contributed by atoms with Gasteiger partial charge in [-0.1, -0.05) is 30.3 Å². The van der Waals surface area contributed by atoms with Gasteiger partial charge in [-0.05, 0) is 26.3 Å². The quantitative estimate of drug-likeness (QED) is 0.833. The molecular weight excluding hydrogens is 330 g/mol. The summed E-state index contributed by atoms with van der Waals surface area (Å²) < 4.78 is 7.26.